The highest BCUT2D eigenvalue weighted by Crippen LogP contribution is 2.32. The molecule has 0 bridgehead atoms. The minimum absolute atomic E-state index is 0.00924. The zero-order chi connectivity index (χ0) is 27.4. The summed E-state index contributed by atoms with van der Waals surface area (Å²) in [5, 5.41) is 19.6. The fourth-order valence-electron chi connectivity index (χ4n) is 4.92. The standard InChI is InChI=1S/C26H32N6O5S/c27-22-20-7-6-18(24(28)29)16-21(20)32(14-15-38(36,37)19-4-2-1-3-5-19)23(22)25(33)31-12-9-17(10-13-31)8-11-30-26(34)35/h1-7,16-17,30H,8-15,27H2,(H3,28,29)(H,34,35). The lowest BCUT2D eigenvalue weighted by molar-refractivity contribution is 0.0678. The Hall–Kier alpha value is -4.06. The number of hydrogen-bond donors (Lipinski definition) is 5. The Morgan fingerprint density at radius 3 is 2.42 bits per heavy atom. The van der Waals surface area contributed by atoms with Gasteiger partial charge < -0.3 is 31.4 Å². The van der Waals surface area contributed by atoms with E-state index in [-0.39, 0.29) is 40.3 Å². The van der Waals surface area contributed by atoms with E-state index >= 15 is 0 Å². The number of benzene rings is 2. The van der Waals surface area contributed by atoms with Crippen molar-refractivity contribution in [3.05, 3.63) is 59.8 Å². The Morgan fingerprint density at radius 2 is 1.79 bits per heavy atom. The molecule has 0 saturated carbocycles. The Bertz CT molecular complexity index is 1460. The highest BCUT2D eigenvalue weighted by Gasteiger charge is 2.29. The van der Waals surface area contributed by atoms with Crippen molar-refractivity contribution >= 4 is 44.3 Å². The third kappa shape index (κ3) is 5.75. The predicted octanol–water partition coefficient (Wildman–Crippen LogP) is 2.49. The van der Waals surface area contributed by atoms with Crippen molar-refractivity contribution in [3.63, 3.8) is 0 Å². The quantitative estimate of drug-likeness (QED) is 0.204. The zero-order valence-corrected chi connectivity index (χ0v) is 21.7. The molecule has 0 radical (unpaired) electrons. The number of piperidine rings is 1. The van der Waals surface area contributed by atoms with Gasteiger partial charge in [-0.05, 0) is 49.4 Å². The normalized spacial score (nSPS) is 14.5. The van der Waals surface area contributed by atoms with Gasteiger partial charge in [0.2, 0.25) is 0 Å². The average Bonchev–Trinajstić information content (AvgIpc) is 3.18. The second-order valence-electron chi connectivity index (χ2n) is 9.45. The molecule has 1 aliphatic rings. The van der Waals surface area contributed by atoms with E-state index in [1.807, 2.05) is 0 Å². The Morgan fingerprint density at radius 1 is 1.11 bits per heavy atom. The number of anilines is 1. The molecule has 0 spiro atoms. The molecule has 7 N–H and O–H groups in total. The molecule has 0 aliphatic carbocycles. The highest BCUT2D eigenvalue weighted by atomic mass is 32.2. The minimum Gasteiger partial charge on any atom is -0.465 e. The molecule has 1 aromatic heterocycles. The molecule has 3 aromatic rings. The predicted molar refractivity (Wildman–Crippen MR) is 145 cm³/mol. The smallest absolute Gasteiger partial charge is 0.404 e. The number of likely N-dealkylation sites (tertiary alicyclic amines) is 1. The number of hydrogen-bond acceptors (Lipinski definition) is 6. The number of aryl methyl sites for hydroxylation is 1. The fraction of sp³-hybridized carbons (Fsp3) is 0.346. The lowest BCUT2D eigenvalue weighted by Crippen LogP contribution is -2.40. The second kappa shape index (κ2) is 11.1. The van der Waals surface area contributed by atoms with Crippen LogP contribution in [0.1, 0.15) is 35.3 Å². The number of sulfone groups is 1. The van der Waals surface area contributed by atoms with Gasteiger partial charge in [-0.15, -0.1) is 0 Å². The van der Waals surface area contributed by atoms with Crippen molar-refractivity contribution in [2.24, 2.45) is 11.7 Å². The van der Waals surface area contributed by atoms with Crippen molar-refractivity contribution in [1.29, 1.82) is 5.41 Å². The largest absolute Gasteiger partial charge is 0.465 e. The maximum atomic E-state index is 13.8. The first-order valence-electron chi connectivity index (χ1n) is 12.4. The van der Waals surface area contributed by atoms with E-state index in [4.69, 9.17) is 22.0 Å². The number of aromatic nitrogens is 1. The van der Waals surface area contributed by atoms with Gasteiger partial charge in [0, 0.05) is 37.1 Å². The van der Waals surface area contributed by atoms with E-state index in [0.29, 0.717) is 48.4 Å². The van der Waals surface area contributed by atoms with Crippen LogP contribution in [0.4, 0.5) is 10.5 Å². The molecular formula is C26H32N6O5S. The van der Waals surface area contributed by atoms with E-state index in [9.17, 15) is 18.0 Å². The van der Waals surface area contributed by atoms with Gasteiger partial charge in [-0.25, -0.2) is 13.2 Å². The number of nitrogens with zero attached hydrogens (tertiary/aromatic N) is 2. The first kappa shape index (κ1) is 27.0. The molecule has 2 heterocycles. The van der Waals surface area contributed by atoms with E-state index in [0.717, 1.165) is 12.8 Å². The van der Waals surface area contributed by atoms with Crippen LogP contribution >= 0.6 is 0 Å². The highest BCUT2D eigenvalue weighted by molar-refractivity contribution is 7.91. The van der Waals surface area contributed by atoms with E-state index in [2.05, 4.69) is 5.32 Å². The summed E-state index contributed by atoms with van der Waals surface area (Å²) in [6, 6.07) is 13.1. The number of fused-ring (bicyclic) bond motifs is 1. The van der Waals surface area contributed by atoms with E-state index < -0.39 is 15.9 Å². The number of nitrogens with two attached hydrogens (primary N) is 2. The number of nitrogen functional groups attached to an aromatic ring is 2. The van der Waals surface area contributed by atoms with Gasteiger partial charge in [0.05, 0.1) is 21.9 Å². The van der Waals surface area contributed by atoms with Crippen molar-refractivity contribution < 1.29 is 23.1 Å². The van der Waals surface area contributed by atoms with Crippen LogP contribution in [0.25, 0.3) is 10.9 Å². The van der Waals surface area contributed by atoms with Gasteiger partial charge >= 0.3 is 6.09 Å². The van der Waals surface area contributed by atoms with Gasteiger partial charge in [-0.2, -0.15) is 0 Å². The van der Waals surface area contributed by atoms with Gasteiger partial charge in [0.25, 0.3) is 5.91 Å². The molecule has 0 atom stereocenters. The lowest BCUT2D eigenvalue weighted by Gasteiger charge is -2.32. The summed E-state index contributed by atoms with van der Waals surface area (Å²) in [4.78, 5) is 26.4. The van der Waals surface area contributed by atoms with Crippen molar-refractivity contribution in [2.75, 3.05) is 31.1 Å². The molecule has 4 rings (SSSR count). The summed E-state index contributed by atoms with van der Waals surface area (Å²) in [6.45, 7) is 1.32. The molecule has 38 heavy (non-hydrogen) atoms. The first-order chi connectivity index (χ1) is 18.1. The topological polar surface area (TPSA) is 185 Å². The molecular weight excluding hydrogens is 508 g/mol. The fourth-order valence-corrected chi connectivity index (χ4v) is 6.15. The molecule has 2 amide bonds. The molecule has 0 unspecified atom stereocenters. The van der Waals surface area contributed by atoms with Gasteiger partial charge in [0.15, 0.2) is 9.84 Å². The maximum absolute atomic E-state index is 13.8. The number of carbonyl (C=O) groups is 2. The summed E-state index contributed by atoms with van der Waals surface area (Å²) in [5.74, 6) is -0.392. The van der Waals surface area contributed by atoms with Crippen molar-refractivity contribution in [3.8, 4) is 0 Å². The number of carboxylic acid groups (broad SMARTS) is 1. The van der Waals surface area contributed by atoms with Gasteiger partial charge in [0.1, 0.15) is 11.5 Å². The summed E-state index contributed by atoms with van der Waals surface area (Å²) >= 11 is 0. The molecule has 11 nitrogen and oxygen atoms in total. The van der Waals surface area contributed by atoms with Crippen LogP contribution < -0.4 is 16.8 Å². The summed E-state index contributed by atoms with van der Waals surface area (Å²) in [6.07, 6.45) is 1.10. The summed E-state index contributed by atoms with van der Waals surface area (Å²) in [7, 11) is -3.64. The van der Waals surface area contributed by atoms with Crippen LogP contribution in [0, 0.1) is 11.3 Å². The number of carbonyl (C=O) groups excluding carboxylic acids is 1. The number of amidine groups is 1. The second-order valence-corrected chi connectivity index (χ2v) is 11.6. The van der Waals surface area contributed by atoms with Crippen LogP contribution in [0.15, 0.2) is 53.4 Å². The van der Waals surface area contributed by atoms with Crippen molar-refractivity contribution in [2.45, 2.75) is 30.7 Å². The van der Waals surface area contributed by atoms with Crippen LogP contribution in [-0.2, 0) is 16.4 Å². The minimum atomic E-state index is -3.64. The van der Waals surface area contributed by atoms with E-state index in [1.165, 1.54) is 12.1 Å². The maximum Gasteiger partial charge on any atom is 0.404 e. The number of amides is 2. The molecule has 1 saturated heterocycles. The number of rotatable bonds is 9. The third-order valence-corrected chi connectivity index (χ3v) is 8.74. The Balaban J connectivity index is 1.62. The first-order valence-corrected chi connectivity index (χ1v) is 14.0. The SMILES string of the molecule is N=C(N)c1ccc2c(N)c(C(=O)N3CCC(CCNC(=O)O)CC3)n(CCS(=O)(=O)c3ccccc3)c2c1. The van der Waals surface area contributed by atoms with Crippen LogP contribution in [0.5, 0.6) is 0 Å². The van der Waals surface area contributed by atoms with Gasteiger partial charge in [-0.1, -0.05) is 24.3 Å². The van der Waals surface area contributed by atoms with Crippen LogP contribution in [-0.4, -0.2) is 66.2 Å². The average molecular weight is 541 g/mol. The summed E-state index contributed by atoms with van der Waals surface area (Å²) in [5.41, 5.74) is 13.6. The third-order valence-electron chi connectivity index (χ3n) is 7.03. The Kier molecular flexibility index (Phi) is 7.91. The van der Waals surface area contributed by atoms with Crippen molar-refractivity contribution in [1.82, 2.24) is 14.8 Å². The number of nitrogens with one attached hydrogen (secondary N) is 2. The van der Waals surface area contributed by atoms with Gasteiger partial charge in [-0.3, -0.25) is 10.2 Å². The zero-order valence-electron chi connectivity index (χ0n) is 20.9. The lowest BCUT2D eigenvalue weighted by atomic mass is 9.93. The molecule has 12 heteroatoms. The molecule has 2 aromatic carbocycles. The molecule has 202 valence electrons. The van der Waals surface area contributed by atoms with Crippen LogP contribution in [0.3, 0.4) is 0 Å². The monoisotopic (exact) mass is 540 g/mol. The summed E-state index contributed by atoms with van der Waals surface area (Å²) < 4.78 is 27.7. The van der Waals surface area contributed by atoms with E-state index in [1.54, 1.807) is 45.9 Å². The Labute approximate surface area is 220 Å². The van der Waals surface area contributed by atoms with Crippen LogP contribution in [0.2, 0.25) is 0 Å². The molecule has 1 aliphatic heterocycles. The molecule has 1 fully saturated rings.